The number of thioether (sulfide) groups is 1. The quantitative estimate of drug-likeness (QED) is 0.370. The van der Waals surface area contributed by atoms with Crippen LogP contribution >= 0.6 is 11.8 Å². The first-order valence-corrected chi connectivity index (χ1v) is 11.1. The van der Waals surface area contributed by atoms with Gasteiger partial charge in [0.2, 0.25) is 17.6 Å². The first kappa shape index (κ1) is 23.5. The van der Waals surface area contributed by atoms with Gasteiger partial charge in [-0.05, 0) is 43.2 Å². The summed E-state index contributed by atoms with van der Waals surface area (Å²) in [6, 6.07) is 10.3. The molecule has 0 unspecified atom stereocenters. The summed E-state index contributed by atoms with van der Waals surface area (Å²) >= 11 is 1.24. The number of nitrogens with one attached hydrogen (secondary N) is 1. The van der Waals surface area contributed by atoms with Crippen LogP contribution in [0, 0.1) is 5.82 Å². The van der Waals surface area contributed by atoms with E-state index in [1.54, 1.807) is 29.2 Å². The second kappa shape index (κ2) is 10.9. The minimum absolute atomic E-state index is 0.0176. The summed E-state index contributed by atoms with van der Waals surface area (Å²) in [6.07, 6.45) is 2.01. The second-order valence-corrected chi connectivity index (χ2v) is 8.27. The zero-order chi connectivity index (χ0) is 23.1. The van der Waals surface area contributed by atoms with E-state index in [-0.39, 0.29) is 34.4 Å². The number of carbonyl (C=O) groups excluding carboxylic acids is 4. The van der Waals surface area contributed by atoms with Crippen LogP contribution in [0.4, 0.5) is 10.1 Å². The first-order valence-electron chi connectivity index (χ1n) is 10.1. The highest BCUT2D eigenvalue weighted by molar-refractivity contribution is 8.00. The number of anilines is 1. The molecule has 1 aliphatic heterocycles. The number of carbonyl (C=O) groups is 4. The van der Waals surface area contributed by atoms with E-state index in [1.807, 2.05) is 0 Å². The van der Waals surface area contributed by atoms with Gasteiger partial charge in [0.05, 0.1) is 16.9 Å². The van der Waals surface area contributed by atoms with Crippen LogP contribution in [-0.4, -0.2) is 53.9 Å². The Morgan fingerprint density at radius 1 is 1.06 bits per heavy atom. The van der Waals surface area contributed by atoms with Gasteiger partial charge in [-0.2, -0.15) is 0 Å². The van der Waals surface area contributed by atoms with E-state index in [9.17, 15) is 23.6 Å². The fourth-order valence-corrected chi connectivity index (χ4v) is 4.21. The van der Waals surface area contributed by atoms with Gasteiger partial charge >= 0.3 is 5.97 Å². The van der Waals surface area contributed by atoms with Crippen molar-refractivity contribution >= 4 is 41.0 Å². The number of esters is 1. The molecule has 168 valence electrons. The molecule has 0 saturated carbocycles. The smallest absolute Gasteiger partial charge is 0.339 e. The van der Waals surface area contributed by atoms with Crippen molar-refractivity contribution in [2.24, 2.45) is 0 Å². The zero-order valence-electron chi connectivity index (χ0n) is 17.6. The molecular weight excluding hydrogens is 435 g/mol. The Balaban J connectivity index is 1.59. The third kappa shape index (κ3) is 6.16. The predicted molar refractivity (Wildman–Crippen MR) is 118 cm³/mol. The Morgan fingerprint density at radius 2 is 1.78 bits per heavy atom. The minimum atomic E-state index is -0.825. The Kier molecular flexibility index (Phi) is 7.99. The second-order valence-electron chi connectivity index (χ2n) is 7.25. The highest BCUT2D eigenvalue weighted by Gasteiger charge is 2.21. The van der Waals surface area contributed by atoms with E-state index in [0.29, 0.717) is 4.90 Å². The van der Waals surface area contributed by atoms with E-state index in [2.05, 4.69) is 5.32 Å². The standard InChI is InChI=1S/C23H23FN2O5S/c1-15(27)25-16-8-9-17(19(24)12-16)20(28)13-31-23(30)18-6-2-3-7-21(18)32-14-22(29)26-10-4-5-11-26/h2-3,6-9,12H,4-5,10-11,13-14H2,1H3,(H,25,27). The molecule has 2 amide bonds. The lowest BCUT2D eigenvalue weighted by Crippen LogP contribution is -2.29. The van der Waals surface area contributed by atoms with Crippen molar-refractivity contribution in [1.82, 2.24) is 4.90 Å². The number of hydrogen-bond donors (Lipinski definition) is 1. The number of hydrogen-bond acceptors (Lipinski definition) is 6. The van der Waals surface area contributed by atoms with Gasteiger partial charge in [-0.15, -0.1) is 11.8 Å². The van der Waals surface area contributed by atoms with E-state index < -0.39 is 24.2 Å². The summed E-state index contributed by atoms with van der Waals surface area (Å²) in [5.74, 6) is -2.41. The normalized spacial score (nSPS) is 13.0. The largest absolute Gasteiger partial charge is 0.454 e. The Hall–Kier alpha value is -3.20. The van der Waals surface area contributed by atoms with Crippen LogP contribution in [0.15, 0.2) is 47.4 Å². The maximum Gasteiger partial charge on any atom is 0.339 e. The van der Waals surface area contributed by atoms with Gasteiger partial charge in [0.25, 0.3) is 0 Å². The van der Waals surface area contributed by atoms with E-state index in [0.717, 1.165) is 32.0 Å². The van der Waals surface area contributed by atoms with Crippen molar-refractivity contribution in [2.75, 3.05) is 30.8 Å². The van der Waals surface area contributed by atoms with Crippen molar-refractivity contribution in [3.05, 3.63) is 59.4 Å². The van der Waals surface area contributed by atoms with Crippen LogP contribution in [0.2, 0.25) is 0 Å². The molecule has 9 heteroatoms. The van der Waals surface area contributed by atoms with Gasteiger partial charge in [0.1, 0.15) is 5.82 Å². The molecule has 1 fully saturated rings. The Bertz CT molecular complexity index is 1040. The molecule has 0 atom stereocenters. The van der Waals surface area contributed by atoms with E-state index in [4.69, 9.17) is 4.74 Å². The molecule has 0 aliphatic carbocycles. The summed E-state index contributed by atoms with van der Waals surface area (Å²) in [5.41, 5.74) is 0.213. The lowest BCUT2D eigenvalue weighted by atomic mass is 10.1. The fourth-order valence-electron chi connectivity index (χ4n) is 3.27. The monoisotopic (exact) mass is 458 g/mol. The number of likely N-dealkylation sites (tertiary alicyclic amines) is 1. The molecule has 2 aromatic rings. The molecule has 0 spiro atoms. The third-order valence-corrected chi connectivity index (χ3v) is 5.90. The van der Waals surface area contributed by atoms with Crippen LogP contribution in [0.5, 0.6) is 0 Å². The number of Topliss-reactive ketones (excluding diaryl/α,β-unsaturated/α-hetero) is 1. The van der Waals surface area contributed by atoms with Crippen molar-refractivity contribution in [3.63, 3.8) is 0 Å². The van der Waals surface area contributed by atoms with Crippen molar-refractivity contribution < 1.29 is 28.3 Å². The van der Waals surface area contributed by atoms with Gasteiger partial charge in [0.15, 0.2) is 6.61 Å². The number of halogens is 1. The van der Waals surface area contributed by atoms with Gasteiger partial charge in [0, 0.05) is 30.6 Å². The number of nitrogens with zero attached hydrogens (tertiary/aromatic N) is 1. The molecule has 1 aliphatic rings. The van der Waals surface area contributed by atoms with Gasteiger partial charge in [-0.25, -0.2) is 9.18 Å². The van der Waals surface area contributed by atoms with Crippen LogP contribution in [-0.2, 0) is 14.3 Å². The average molecular weight is 459 g/mol. The minimum Gasteiger partial charge on any atom is -0.454 e. The molecule has 0 bridgehead atoms. The maximum absolute atomic E-state index is 14.2. The number of benzene rings is 2. The van der Waals surface area contributed by atoms with Crippen molar-refractivity contribution in [1.29, 1.82) is 0 Å². The number of ketones is 1. The summed E-state index contributed by atoms with van der Waals surface area (Å²) < 4.78 is 19.3. The highest BCUT2D eigenvalue weighted by Crippen LogP contribution is 2.24. The molecule has 1 saturated heterocycles. The van der Waals surface area contributed by atoms with Crippen LogP contribution in [0.25, 0.3) is 0 Å². The Morgan fingerprint density at radius 3 is 2.47 bits per heavy atom. The zero-order valence-corrected chi connectivity index (χ0v) is 18.4. The molecule has 7 nitrogen and oxygen atoms in total. The maximum atomic E-state index is 14.2. The van der Waals surface area contributed by atoms with E-state index >= 15 is 0 Å². The Labute approximate surface area is 189 Å². The van der Waals surface area contributed by atoms with Gasteiger partial charge < -0.3 is 15.0 Å². The first-order chi connectivity index (χ1) is 15.3. The molecular formula is C23H23FN2O5S. The van der Waals surface area contributed by atoms with Gasteiger partial charge in [-0.3, -0.25) is 14.4 Å². The van der Waals surface area contributed by atoms with Crippen molar-refractivity contribution in [3.8, 4) is 0 Å². The number of ether oxygens (including phenoxy) is 1. The lowest BCUT2D eigenvalue weighted by molar-refractivity contribution is -0.127. The average Bonchev–Trinajstić information content (AvgIpc) is 3.30. The van der Waals surface area contributed by atoms with Crippen LogP contribution in [0.1, 0.15) is 40.5 Å². The highest BCUT2D eigenvalue weighted by atomic mass is 32.2. The molecule has 1 N–H and O–H groups in total. The lowest BCUT2D eigenvalue weighted by Gasteiger charge is -2.15. The van der Waals surface area contributed by atoms with Crippen LogP contribution < -0.4 is 5.32 Å². The summed E-state index contributed by atoms with van der Waals surface area (Å²) in [4.78, 5) is 50.6. The molecule has 32 heavy (non-hydrogen) atoms. The third-order valence-electron chi connectivity index (χ3n) is 4.84. The molecule has 0 aromatic heterocycles. The summed E-state index contributed by atoms with van der Waals surface area (Å²) in [7, 11) is 0. The SMILES string of the molecule is CC(=O)Nc1ccc(C(=O)COC(=O)c2ccccc2SCC(=O)N2CCCC2)c(F)c1. The molecule has 2 aromatic carbocycles. The molecule has 0 radical (unpaired) electrons. The summed E-state index contributed by atoms with van der Waals surface area (Å²) in [6.45, 7) is 2.16. The molecule has 1 heterocycles. The van der Waals surface area contributed by atoms with Crippen molar-refractivity contribution in [2.45, 2.75) is 24.7 Å². The van der Waals surface area contributed by atoms with E-state index in [1.165, 1.54) is 30.8 Å². The summed E-state index contributed by atoms with van der Waals surface area (Å²) in [5, 5.41) is 2.42. The fraction of sp³-hybridized carbons (Fsp3) is 0.304. The van der Waals surface area contributed by atoms with Crippen LogP contribution in [0.3, 0.4) is 0 Å². The number of amides is 2. The number of rotatable bonds is 8. The predicted octanol–water partition coefficient (Wildman–Crippen LogP) is 3.54. The topological polar surface area (TPSA) is 92.8 Å². The molecule has 3 rings (SSSR count). The van der Waals surface area contributed by atoms with Gasteiger partial charge in [-0.1, -0.05) is 12.1 Å².